The molecule has 0 saturated heterocycles. The summed E-state index contributed by atoms with van der Waals surface area (Å²) in [6.07, 6.45) is 3.08. The lowest BCUT2D eigenvalue weighted by molar-refractivity contribution is 0.900. The van der Waals surface area contributed by atoms with Gasteiger partial charge >= 0.3 is 0 Å². The van der Waals surface area contributed by atoms with Crippen LogP contribution in [0.1, 0.15) is 28.8 Å². The van der Waals surface area contributed by atoms with E-state index in [4.69, 9.17) is 21.1 Å². The molecule has 4 aromatic rings. The Bertz CT molecular complexity index is 1210. The highest BCUT2D eigenvalue weighted by atomic mass is 32.1. The van der Waals surface area contributed by atoms with Crippen LogP contribution >= 0.6 is 11.5 Å². The molecule has 1 aliphatic rings. The molecule has 0 unspecified atom stereocenters. The third-order valence-corrected chi connectivity index (χ3v) is 6.10. The number of nitrogen functional groups attached to an aromatic ring is 1. The number of nitrogens with one attached hydrogen (secondary N) is 2. The Morgan fingerprint density at radius 1 is 1.07 bits per heavy atom. The van der Waals surface area contributed by atoms with Crippen LogP contribution in [0.25, 0.3) is 21.6 Å². The molecule has 0 fully saturated rings. The molecule has 7 heteroatoms. The van der Waals surface area contributed by atoms with Crippen LogP contribution in [0.4, 0.5) is 5.82 Å². The molecule has 1 aliphatic carbocycles. The van der Waals surface area contributed by atoms with E-state index >= 15 is 0 Å². The fourth-order valence-electron chi connectivity index (χ4n) is 3.81. The number of rotatable bonds is 5. The summed E-state index contributed by atoms with van der Waals surface area (Å²) in [5, 5.41) is 12.3. The van der Waals surface area contributed by atoms with Gasteiger partial charge in [0.1, 0.15) is 16.5 Å². The van der Waals surface area contributed by atoms with Crippen LogP contribution < -0.4 is 11.1 Å². The molecular formula is C22H20N6S. The third kappa shape index (κ3) is 3.23. The minimum Gasteiger partial charge on any atom is -0.384 e. The Hall–Kier alpha value is -3.32. The standard InChI is InChI=1S/C22H20N6S/c23-20(24)16-10-4-9-15-18(16)28-29-19(15)22-26-17-11-5-8-14(17)21(27-22)25-12-13-6-2-1-3-7-13/h1-4,6-7,9-10H,5,8,11-12H2,(H3,23,24)(H,25,26,27). The lowest BCUT2D eigenvalue weighted by atomic mass is 10.1. The van der Waals surface area contributed by atoms with Crippen molar-refractivity contribution >= 4 is 34.1 Å². The maximum atomic E-state index is 7.80. The van der Waals surface area contributed by atoms with Crippen molar-refractivity contribution in [3.63, 3.8) is 0 Å². The highest BCUT2D eigenvalue weighted by Crippen LogP contribution is 2.35. The van der Waals surface area contributed by atoms with Gasteiger partial charge in [0.2, 0.25) is 0 Å². The molecule has 5 rings (SSSR count). The van der Waals surface area contributed by atoms with Crippen molar-refractivity contribution in [1.29, 1.82) is 5.41 Å². The van der Waals surface area contributed by atoms with E-state index in [2.05, 4.69) is 21.8 Å². The van der Waals surface area contributed by atoms with E-state index in [-0.39, 0.29) is 5.84 Å². The lowest BCUT2D eigenvalue weighted by Gasteiger charge is -2.12. The molecule has 0 bridgehead atoms. The number of aromatic nitrogens is 3. The van der Waals surface area contributed by atoms with Gasteiger partial charge in [-0.25, -0.2) is 9.97 Å². The molecule has 0 spiro atoms. The van der Waals surface area contributed by atoms with E-state index in [9.17, 15) is 0 Å². The molecule has 2 aromatic carbocycles. The Morgan fingerprint density at radius 2 is 1.93 bits per heavy atom. The summed E-state index contributed by atoms with van der Waals surface area (Å²) in [4.78, 5) is 10.7. The zero-order chi connectivity index (χ0) is 19.8. The highest BCUT2D eigenvalue weighted by Gasteiger charge is 2.22. The van der Waals surface area contributed by atoms with Gasteiger partial charge in [-0.15, -0.1) is 0 Å². The number of hydrogen-bond acceptors (Lipinski definition) is 6. The Balaban J connectivity index is 1.57. The van der Waals surface area contributed by atoms with Gasteiger partial charge in [0.25, 0.3) is 0 Å². The molecule has 0 aliphatic heterocycles. The summed E-state index contributed by atoms with van der Waals surface area (Å²) in [5.74, 6) is 1.62. The van der Waals surface area contributed by atoms with Gasteiger partial charge in [0, 0.05) is 28.8 Å². The SMILES string of the molecule is N=C(N)c1cccc2c(-c3nc4c(c(NCc5ccccc5)n3)CCC4)snc12. The van der Waals surface area contributed by atoms with E-state index < -0.39 is 0 Å². The predicted molar refractivity (Wildman–Crippen MR) is 117 cm³/mol. The highest BCUT2D eigenvalue weighted by molar-refractivity contribution is 7.11. The first-order chi connectivity index (χ1) is 14.2. The van der Waals surface area contributed by atoms with Gasteiger partial charge in [0.05, 0.1) is 5.52 Å². The van der Waals surface area contributed by atoms with E-state index in [1.54, 1.807) is 0 Å². The van der Waals surface area contributed by atoms with Gasteiger partial charge in [-0.2, -0.15) is 4.37 Å². The third-order valence-electron chi connectivity index (χ3n) is 5.24. The topological polar surface area (TPSA) is 101 Å². The average Bonchev–Trinajstić information content (AvgIpc) is 3.39. The van der Waals surface area contributed by atoms with Gasteiger partial charge in [-0.1, -0.05) is 42.5 Å². The van der Waals surface area contributed by atoms with Crippen LogP contribution in [-0.4, -0.2) is 20.2 Å². The van der Waals surface area contributed by atoms with Crippen molar-refractivity contribution in [2.75, 3.05) is 5.32 Å². The zero-order valence-electron chi connectivity index (χ0n) is 15.8. The number of fused-ring (bicyclic) bond motifs is 2. The molecule has 2 aromatic heterocycles. The van der Waals surface area contributed by atoms with Gasteiger partial charge in [-0.3, -0.25) is 5.41 Å². The van der Waals surface area contributed by atoms with Crippen molar-refractivity contribution in [3.8, 4) is 10.7 Å². The lowest BCUT2D eigenvalue weighted by Crippen LogP contribution is -2.11. The Morgan fingerprint density at radius 3 is 2.76 bits per heavy atom. The maximum absolute atomic E-state index is 7.80. The van der Waals surface area contributed by atoms with Gasteiger partial charge in [-0.05, 0) is 42.4 Å². The molecular weight excluding hydrogens is 380 g/mol. The number of nitrogens with zero attached hydrogens (tertiary/aromatic N) is 3. The normalized spacial score (nSPS) is 12.8. The fourth-order valence-corrected chi connectivity index (χ4v) is 4.62. The second-order valence-corrected chi connectivity index (χ2v) is 7.91. The number of aryl methyl sites for hydroxylation is 1. The fraction of sp³-hybridized carbons (Fsp3) is 0.182. The van der Waals surface area contributed by atoms with Crippen molar-refractivity contribution < 1.29 is 0 Å². The van der Waals surface area contributed by atoms with E-state index in [1.807, 2.05) is 36.4 Å². The molecule has 4 N–H and O–H groups in total. The second-order valence-electron chi connectivity index (χ2n) is 7.14. The van der Waals surface area contributed by atoms with Crippen molar-refractivity contribution in [1.82, 2.24) is 14.3 Å². The smallest absolute Gasteiger partial charge is 0.174 e. The van der Waals surface area contributed by atoms with E-state index in [0.717, 1.165) is 53.1 Å². The maximum Gasteiger partial charge on any atom is 0.174 e. The summed E-state index contributed by atoms with van der Waals surface area (Å²) >= 11 is 1.36. The molecule has 0 amide bonds. The summed E-state index contributed by atoms with van der Waals surface area (Å²) in [7, 11) is 0. The van der Waals surface area contributed by atoms with E-state index in [1.165, 1.54) is 22.7 Å². The minimum atomic E-state index is 0.0209. The van der Waals surface area contributed by atoms with E-state index in [0.29, 0.717) is 11.4 Å². The van der Waals surface area contributed by atoms with Crippen LogP contribution in [0.15, 0.2) is 48.5 Å². The molecule has 29 heavy (non-hydrogen) atoms. The Kier molecular flexibility index (Phi) is 4.44. The monoisotopic (exact) mass is 400 g/mol. The molecule has 0 radical (unpaired) electrons. The minimum absolute atomic E-state index is 0.0209. The molecule has 144 valence electrons. The number of nitrogens with two attached hydrogens (primary N) is 1. The number of hydrogen-bond donors (Lipinski definition) is 3. The number of anilines is 1. The number of amidine groups is 1. The summed E-state index contributed by atoms with van der Waals surface area (Å²) in [6, 6.07) is 16.0. The molecule has 2 heterocycles. The van der Waals surface area contributed by atoms with Crippen LogP contribution in [0, 0.1) is 5.41 Å². The largest absolute Gasteiger partial charge is 0.384 e. The van der Waals surface area contributed by atoms with Crippen molar-refractivity contribution in [2.45, 2.75) is 25.8 Å². The Labute approximate surface area is 172 Å². The van der Waals surface area contributed by atoms with Crippen LogP contribution in [0.3, 0.4) is 0 Å². The van der Waals surface area contributed by atoms with Gasteiger partial charge < -0.3 is 11.1 Å². The summed E-state index contributed by atoms with van der Waals surface area (Å²) < 4.78 is 4.55. The second kappa shape index (κ2) is 7.25. The molecule has 6 nitrogen and oxygen atoms in total. The first-order valence-electron chi connectivity index (χ1n) is 9.61. The average molecular weight is 401 g/mol. The zero-order valence-corrected chi connectivity index (χ0v) is 16.6. The number of benzene rings is 2. The van der Waals surface area contributed by atoms with Gasteiger partial charge in [0.15, 0.2) is 5.82 Å². The van der Waals surface area contributed by atoms with Crippen molar-refractivity contribution in [3.05, 3.63) is 70.9 Å². The summed E-state index contributed by atoms with van der Waals surface area (Å²) in [6.45, 7) is 0.724. The molecule has 0 atom stereocenters. The van der Waals surface area contributed by atoms with Crippen molar-refractivity contribution in [2.24, 2.45) is 5.73 Å². The molecule has 0 saturated carbocycles. The summed E-state index contributed by atoms with van der Waals surface area (Å²) in [5.41, 5.74) is 10.7. The quantitative estimate of drug-likeness (QED) is 0.345. The predicted octanol–water partition coefficient (Wildman–Crippen LogP) is 4.14. The first kappa shape index (κ1) is 17.8. The van der Waals surface area contributed by atoms with Crippen LogP contribution in [0.5, 0.6) is 0 Å². The first-order valence-corrected chi connectivity index (χ1v) is 10.4. The van der Waals surface area contributed by atoms with Crippen LogP contribution in [0.2, 0.25) is 0 Å². The van der Waals surface area contributed by atoms with Crippen LogP contribution in [-0.2, 0) is 19.4 Å².